The predicted molar refractivity (Wildman–Crippen MR) is 179 cm³/mol. The van der Waals surface area contributed by atoms with Crippen molar-refractivity contribution in [3.63, 3.8) is 0 Å². The van der Waals surface area contributed by atoms with E-state index in [4.69, 9.17) is 16.3 Å². The lowest BCUT2D eigenvalue weighted by atomic mass is 9.95. The second kappa shape index (κ2) is 13.3. The van der Waals surface area contributed by atoms with Crippen molar-refractivity contribution in [2.24, 2.45) is 0 Å². The topological polar surface area (TPSA) is 92.6 Å². The summed E-state index contributed by atoms with van der Waals surface area (Å²) in [4.78, 5) is 28.4. The van der Waals surface area contributed by atoms with Gasteiger partial charge in [0.25, 0.3) is 5.78 Å². The molecular formula is C35H28ClN3O4S2. The van der Waals surface area contributed by atoms with E-state index in [1.165, 1.54) is 28.0 Å². The molecule has 2 heterocycles. The van der Waals surface area contributed by atoms with Crippen molar-refractivity contribution < 1.29 is 19.4 Å². The summed E-state index contributed by atoms with van der Waals surface area (Å²) in [7, 11) is 0. The minimum atomic E-state index is -0.884. The fraction of sp³-hybridized carbons (Fsp3) is 0.143. The van der Waals surface area contributed by atoms with Gasteiger partial charge in [0.2, 0.25) is 5.13 Å². The van der Waals surface area contributed by atoms with Crippen molar-refractivity contribution in [1.29, 1.82) is 0 Å². The monoisotopic (exact) mass is 653 g/mol. The number of ether oxygens (including phenoxy) is 1. The molecule has 0 bridgehead atoms. The molecule has 1 atom stereocenters. The molecule has 1 fully saturated rings. The molecule has 0 radical (unpaired) electrons. The van der Waals surface area contributed by atoms with E-state index in [2.05, 4.69) is 16.3 Å². The number of hydrogen-bond acceptors (Lipinski definition) is 8. The van der Waals surface area contributed by atoms with Crippen LogP contribution in [0.15, 0.2) is 107 Å². The number of halogens is 1. The molecule has 1 unspecified atom stereocenters. The Bertz CT molecular complexity index is 1890. The lowest BCUT2D eigenvalue weighted by Gasteiger charge is -2.22. The molecule has 7 nitrogen and oxygen atoms in total. The fourth-order valence-electron chi connectivity index (χ4n) is 5.01. The Morgan fingerprint density at radius 3 is 2.36 bits per heavy atom. The third-order valence-corrected chi connectivity index (χ3v) is 9.71. The maximum absolute atomic E-state index is 13.6. The minimum Gasteiger partial charge on any atom is -0.507 e. The molecule has 6 rings (SSSR count). The largest absolute Gasteiger partial charge is 0.507 e. The number of aliphatic hydroxyl groups excluding tert-OH is 1. The number of carbonyl (C=O) groups is 2. The highest BCUT2D eigenvalue weighted by atomic mass is 35.5. The van der Waals surface area contributed by atoms with Crippen molar-refractivity contribution in [3.8, 4) is 5.75 Å². The normalized spacial score (nSPS) is 15.9. The summed E-state index contributed by atoms with van der Waals surface area (Å²) in [5.41, 5.74) is 5.33. The summed E-state index contributed by atoms with van der Waals surface area (Å²) >= 11 is 8.70. The first-order chi connectivity index (χ1) is 21.8. The Morgan fingerprint density at radius 1 is 0.911 bits per heavy atom. The van der Waals surface area contributed by atoms with Crippen LogP contribution in [0.4, 0.5) is 5.13 Å². The van der Waals surface area contributed by atoms with Gasteiger partial charge >= 0.3 is 5.91 Å². The summed E-state index contributed by atoms with van der Waals surface area (Å²) in [5, 5.41) is 21.0. The number of aryl methyl sites for hydroxylation is 2. The van der Waals surface area contributed by atoms with Crippen LogP contribution in [0.2, 0.25) is 5.02 Å². The van der Waals surface area contributed by atoms with E-state index in [-0.39, 0.29) is 16.5 Å². The maximum atomic E-state index is 13.6. The third-order valence-electron chi connectivity index (χ3n) is 7.33. The summed E-state index contributed by atoms with van der Waals surface area (Å²) in [6.45, 7) is 4.38. The van der Waals surface area contributed by atoms with Crippen LogP contribution in [0.5, 0.6) is 5.75 Å². The zero-order valence-corrected chi connectivity index (χ0v) is 26.8. The molecule has 1 aliphatic heterocycles. The molecule has 1 N–H and O–H groups in total. The first kappa shape index (κ1) is 30.6. The van der Waals surface area contributed by atoms with Crippen LogP contribution in [-0.2, 0) is 21.9 Å². The number of anilines is 1. The minimum absolute atomic E-state index is 0.0113. The van der Waals surface area contributed by atoms with Crippen LogP contribution in [0.25, 0.3) is 5.76 Å². The highest BCUT2D eigenvalue weighted by Gasteiger charge is 2.48. The molecule has 5 aromatic rings. The molecule has 1 amide bonds. The molecule has 10 heteroatoms. The van der Waals surface area contributed by atoms with Crippen LogP contribution in [0, 0.1) is 13.8 Å². The van der Waals surface area contributed by atoms with Gasteiger partial charge in [0, 0.05) is 16.3 Å². The molecule has 0 saturated carbocycles. The highest BCUT2D eigenvalue weighted by Crippen LogP contribution is 2.44. The molecule has 4 aromatic carbocycles. The van der Waals surface area contributed by atoms with Gasteiger partial charge in [-0.15, -0.1) is 10.2 Å². The molecule has 226 valence electrons. The van der Waals surface area contributed by atoms with Gasteiger partial charge in [-0.25, -0.2) is 0 Å². The number of aliphatic hydroxyl groups is 1. The molecular weight excluding hydrogens is 626 g/mol. The lowest BCUT2D eigenvalue weighted by Crippen LogP contribution is -2.29. The Kier molecular flexibility index (Phi) is 9.02. The van der Waals surface area contributed by atoms with Crippen LogP contribution in [0.1, 0.15) is 39.4 Å². The second-order valence-corrected chi connectivity index (χ2v) is 13.3. The van der Waals surface area contributed by atoms with E-state index in [0.717, 1.165) is 22.3 Å². The number of ketones is 1. The van der Waals surface area contributed by atoms with E-state index in [0.29, 0.717) is 38.6 Å². The lowest BCUT2D eigenvalue weighted by molar-refractivity contribution is -0.132. The quantitative estimate of drug-likeness (QED) is 0.0562. The number of carbonyl (C=O) groups excluding carboxylic acids is 2. The summed E-state index contributed by atoms with van der Waals surface area (Å²) in [5.74, 6) is -0.583. The van der Waals surface area contributed by atoms with Gasteiger partial charge in [0.05, 0.1) is 11.6 Å². The second-order valence-electron chi connectivity index (χ2n) is 10.6. The van der Waals surface area contributed by atoms with Gasteiger partial charge < -0.3 is 9.84 Å². The van der Waals surface area contributed by atoms with Gasteiger partial charge in [0.1, 0.15) is 18.1 Å². The summed E-state index contributed by atoms with van der Waals surface area (Å²) < 4.78 is 6.57. The number of rotatable bonds is 9. The molecule has 45 heavy (non-hydrogen) atoms. The Morgan fingerprint density at radius 2 is 1.64 bits per heavy atom. The van der Waals surface area contributed by atoms with Crippen molar-refractivity contribution in [3.05, 3.63) is 141 Å². The molecule has 1 saturated heterocycles. The van der Waals surface area contributed by atoms with Gasteiger partial charge in [0.15, 0.2) is 4.34 Å². The van der Waals surface area contributed by atoms with Gasteiger partial charge in [-0.05, 0) is 66.9 Å². The Balaban J connectivity index is 1.29. The Labute approximate surface area is 274 Å². The third kappa shape index (κ3) is 6.81. The standard InChI is InChI=1S/C35H28ClN3O4S2/c1-21-6-10-25(11-7-21)30-29(31(40)26-12-16-28(17-13-26)43-19-24-5-3-4-22(2)18-24)32(41)33(42)39(30)34-37-38-35(45-34)44-20-23-8-14-27(36)15-9-23/h3-18,30,40H,19-20H2,1-2H3. The average molecular weight is 654 g/mol. The van der Waals surface area contributed by atoms with Gasteiger partial charge in [-0.3, -0.25) is 14.5 Å². The number of amides is 1. The molecule has 0 aliphatic carbocycles. The number of nitrogens with zero attached hydrogens (tertiary/aromatic N) is 3. The van der Waals surface area contributed by atoms with Crippen molar-refractivity contribution in [1.82, 2.24) is 10.2 Å². The SMILES string of the molecule is Cc1ccc(C2C(=C(O)c3ccc(OCc4cccc(C)c4)cc3)C(=O)C(=O)N2c2nnc(SCc3ccc(Cl)cc3)s2)cc1. The smallest absolute Gasteiger partial charge is 0.301 e. The van der Waals surface area contributed by atoms with E-state index in [9.17, 15) is 14.7 Å². The zero-order valence-electron chi connectivity index (χ0n) is 24.4. The number of benzene rings is 4. The van der Waals surface area contributed by atoms with Crippen molar-refractivity contribution in [2.75, 3.05) is 4.90 Å². The van der Waals surface area contributed by atoms with E-state index in [1.54, 1.807) is 24.3 Å². The molecule has 1 aromatic heterocycles. The summed E-state index contributed by atoms with van der Waals surface area (Å²) in [6, 6.07) is 29.1. The number of Topliss-reactive ketones (excluding diaryl/α,β-unsaturated/α-hetero) is 1. The number of hydrogen-bond donors (Lipinski definition) is 1. The maximum Gasteiger partial charge on any atom is 0.301 e. The predicted octanol–water partition coefficient (Wildman–Crippen LogP) is 8.31. The van der Waals surface area contributed by atoms with Crippen LogP contribution in [0.3, 0.4) is 0 Å². The van der Waals surface area contributed by atoms with Crippen LogP contribution in [-0.4, -0.2) is 27.0 Å². The van der Waals surface area contributed by atoms with Crippen LogP contribution < -0.4 is 9.64 Å². The van der Waals surface area contributed by atoms with Crippen molar-refractivity contribution >= 4 is 57.3 Å². The van der Waals surface area contributed by atoms with Crippen LogP contribution >= 0.6 is 34.7 Å². The van der Waals surface area contributed by atoms with E-state index in [1.807, 2.05) is 80.6 Å². The number of thioether (sulfide) groups is 1. The van der Waals surface area contributed by atoms with E-state index >= 15 is 0 Å². The zero-order chi connectivity index (χ0) is 31.5. The van der Waals surface area contributed by atoms with E-state index < -0.39 is 17.7 Å². The highest BCUT2D eigenvalue weighted by molar-refractivity contribution is 8.00. The summed E-state index contributed by atoms with van der Waals surface area (Å²) in [6.07, 6.45) is 0. The van der Waals surface area contributed by atoms with Gasteiger partial charge in [-0.1, -0.05) is 106 Å². The molecule has 1 aliphatic rings. The molecule has 0 spiro atoms. The average Bonchev–Trinajstić information content (AvgIpc) is 3.62. The first-order valence-electron chi connectivity index (χ1n) is 14.1. The Hall–Kier alpha value is -4.44. The number of aromatic nitrogens is 2. The fourth-order valence-corrected chi connectivity index (χ4v) is 6.96. The first-order valence-corrected chi connectivity index (χ1v) is 16.3. The van der Waals surface area contributed by atoms with Gasteiger partial charge in [-0.2, -0.15) is 0 Å². The van der Waals surface area contributed by atoms with Crippen molar-refractivity contribution in [2.45, 2.75) is 36.6 Å².